The Kier molecular flexibility index (Phi) is 7.79. The molecule has 0 radical (unpaired) electrons. The summed E-state index contributed by atoms with van der Waals surface area (Å²) in [6.07, 6.45) is 7.23. The number of nitriles is 1. The first-order valence-corrected chi connectivity index (χ1v) is 13.7. The first kappa shape index (κ1) is 27.9. The van der Waals surface area contributed by atoms with Gasteiger partial charge in [-0.05, 0) is 68.4 Å². The Bertz CT molecular complexity index is 1640. The summed E-state index contributed by atoms with van der Waals surface area (Å²) >= 11 is 0. The summed E-state index contributed by atoms with van der Waals surface area (Å²) in [6, 6.07) is 17.6. The van der Waals surface area contributed by atoms with Crippen molar-refractivity contribution in [1.82, 2.24) is 14.6 Å². The van der Waals surface area contributed by atoms with Crippen LogP contribution in [0.25, 0.3) is 16.6 Å². The van der Waals surface area contributed by atoms with E-state index in [2.05, 4.69) is 34.8 Å². The van der Waals surface area contributed by atoms with E-state index in [4.69, 9.17) is 9.72 Å². The van der Waals surface area contributed by atoms with Gasteiger partial charge in [0.15, 0.2) is 0 Å². The number of ketones is 1. The number of piperidine rings is 1. The number of benzene rings is 1. The zero-order chi connectivity index (χ0) is 29.0. The molecule has 1 aliphatic heterocycles. The second-order valence-electron chi connectivity index (χ2n) is 11.6. The second-order valence-corrected chi connectivity index (χ2v) is 11.6. The largest absolute Gasteiger partial charge is 0.489 e. The number of hydrogen-bond acceptors (Lipinski definition) is 7. The van der Waals surface area contributed by atoms with Gasteiger partial charge in [0, 0.05) is 42.4 Å². The van der Waals surface area contributed by atoms with Crippen LogP contribution in [-0.4, -0.2) is 50.8 Å². The number of rotatable bonds is 7. The van der Waals surface area contributed by atoms with Crippen LogP contribution in [0.5, 0.6) is 5.75 Å². The molecular weight excluding hydrogens is 514 g/mol. The number of aliphatic hydroxyl groups is 1. The highest BCUT2D eigenvalue weighted by Crippen LogP contribution is 2.37. The molecule has 41 heavy (non-hydrogen) atoms. The van der Waals surface area contributed by atoms with Gasteiger partial charge in [0.25, 0.3) is 0 Å². The molecule has 8 nitrogen and oxygen atoms in total. The number of anilines is 1. The molecule has 1 aromatic carbocycles. The first-order chi connectivity index (χ1) is 19.6. The van der Waals surface area contributed by atoms with E-state index in [1.54, 1.807) is 30.8 Å². The van der Waals surface area contributed by atoms with Crippen LogP contribution >= 0.6 is 0 Å². The fraction of sp³-hybridized carbons (Fsp3) is 0.333. The van der Waals surface area contributed by atoms with Gasteiger partial charge in [0.2, 0.25) is 5.78 Å². The summed E-state index contributed by atoms with van der Waals surface area (Å²) in [4.78, 5) is 19.6. The minimum Gasteiger partial charge on any atom is -0.489 e. The molecule has 1 N–H and O–H groups in total. The van der Waals surface area contributed by atoms with E-state index in [0.717, 1.165) is 48.4 Å². The van der Waals surface area contributed by atoms with E-state index < -0.39 is 5.60 Å². The van der Waals surface area contributed by atoms with Crippen LogP contribution in [0.3, 0.4) is 0 Å². The van der Waals surface area contributed by atoms with Gasteiger partial charge in [0.1, 0.15) is 24.2 Å². The van der Waals surface area contributed by atoms with E-state index >= 15 is 0 Å². The van der Waals surface area contributed by atoms with Crippen molar-refractivity contribution >= 4 is 17.1 Å². The summed E-state index contributed by atoms with van der Waals surface area (Å²) in [5, 5.41) is 24.1. The topological polar surface area (TPSA) is 104 Å². The molecule has 1 aliphatic rings. The maximum atomic E-state index is 12.6. The van der Waals surface area contributed by atoms with Gasteiger partial charge in [0.05, 0.1) is 29.1 Å². The lowest BCUT2D eigenvalue weighted by atomic mass is 9.76. The Morgan fingerprint density at radius 2 is 1.90 bits per heavy atom. The molecule has 0 bridgehead atoms. The molecule has 0 saturated carbocycles. The summed E-state index contributed by atoms with van der Waals surface area (Å²) < 4.78 is 7.46. The van der Waals surface area contributed by atoms with Crippen LogP contribution < -0.4 is 9.64 Å². The van der Waals surface area contributed by atoms with E-state index in [1.807, 2.05) is 48.5 Å². The van der Waals surface area contributed by atoms with E-state index in [1.165, 1.54) is 6.20 Å². The number of fused-ring (bicyclic) bond motifs is 1. The van der Waals surface area contributed by atoms with Crippen molar-refractivity contribution in [3.05, 3.63) is 78.2 Å². The molecule has 0 spiro atoms. The molecule has 1 saturated heterocycles. The molecule has 3 aromatic heterocycles. The Hall–Kier alpha value is -4.66. The normalized spacial score (nSPS) is 14.7. The van der Waals surface area contributed by atoms with Gasteiger partial charge in [-0.1, -0.05) is 31.0 Å². The standard InChI is InChI=1S/C33H33N5O3/c1-32(2,40)23-41-28-17-29(31-26(19-34)21-36-38(31)22-28)25-10-12-30(35-20-25)37-15-13-33(3,14-16-37)18-27(39)11-9-24-7-5-4-6-8-24/h4-8,10,12,17,20-22,40H,13-16,18,23H2,1-3H3. The summed E-state index contributed by atoms with van der Waals surface area (Å²) in [7, 11) is 0. The lowest BCUT2D eigenvalue weighted by Gasteiger charge is -2.39. The number of Topliss-reactive ketones (excluding diaryl/α,β-unsaturated/α-hetero) is 1. The maximum Gasteiger partial charge on any atom is 0.206 e. The number of carbonyl (C=O) groups excluding carboxylic acids is 1. The van der Waals surface area contributed by atoms with E-state index in [0.29, 0.717) is 23.3 Å². The molecular formula is C33H33N5O3. The second kappa shape index (κ2) is 11.4. The molecule has 8 heteroatoms. The van der Waals surface area contributed by atoms with Crippen LogP contribution in [-0.2, 0) is 4.79 Å². The predicted octanol–water partition coefficient (Wildman–Crippen LogP) is 5.04. The SMILES string of the molecule is CC(C)(O)COc1cc(-c2ccc(N3CCC(C)(CC(=O)C#Cc4ccccc4)CC3)nc2)c2c(C#N)cnn2c1. The molecule has 4 aromatic rings. The summed E-state index contributed by atoms with van der Waals surface area (Å²) in [5.41, 5.74) is 2.49. The highest BCUT2D eigenvalue weighted by molar-refractivity contribution is 5.96. The molecule has 5 rings (SSSR count). The molecule has 0 aliphatic carbocycles. The van der Waals surface area contributed by atoms with Crippen LogP contribution in [0, 0.1) is 28.6 Å². The maximum absolute atomic E-state index is 12.6. The minimum absolute atomic E-state index is 0.0241. The van der Waals surface area contributed by atoms with Gasteiger partial charge in [-0.2, -0.15) is 10.4 Å². The number of nitrogens with zero attached hydrogens (tertiary/aromatic N) is 5. The zero-order valence-corrected chi connectivity index (χ0v) is 23.6. The number of ether oxygens (including phenoxy) is 1. The number of hydrogen-bond donors (Lipinski definition) is 1. The average molecular weight is 548 g/mol. The van der Waals surface area contributed by atoms with Crippen molar-refractivity contribution in [3.8, 4) is 34.8 Å². The smallest absolute Gasteiger partial charge is 0.206 e. The minimum atomic E-state index is -0.992. The fourth-order valence-corrected chi connectivity index (χ4v) is 5.02. The van der Waals surface area contributed by atoms with Crippen LogP contribution in [0.4, 0.5) is 5.82 Å². The number of aromatic nitrogens is 3. The Morgan fingerprint density at radius 1 is 1.15 bits per heavy atom. The molecule has 208 valence electrons. The first-order valence-electron chi connectivity index (χ1n) is 13.7. The van der Waals surface area contributed by atoms with E-state index in [9.17, 15) is 15.2 Å². The van der Waals surface area contributed by atoms with Gasteiger partial charge in [-0.3, -0.25) is 4.79 Å². The molecule has 0 unspecified atom stereocenters. The quantitative estimate of drug-likeness (QED) is 0.324. The number of pyridine rings is 2. The van der Waals surface area contributed by atoms with Crippen molar-refractivity contribution in [3.63, 3.8) is 0 Å². The monoisotopic (exact) mass is 547 g/mol. The van der Waals surface area contributed by atoms with Gasteiger partial charge in [-0.15, -0.1) is 0 Å². The van der Waals surface area contributed by atoms with Crippen molar-refractivity contribution in [2.24, 2.45) is 5.41 Å². The van der Waals surface area contributed by atoms with Crippen LogP contribution in [0.2, 0.25) is 0 Å². The van der Waals surface area contributed by atoms with Crippen LogP contribution in [0.1, 0.15) is 51.2 Å². The molecule has 0 atom stereocenters. The van der Waals surface area contributed by atoms with Crippen LogP contribution in [0.15, 0.2) is 67.1 Å². The summed E-state index contributed by atoms with van der Waals surface area (Å²) in [5.74, 6) is 7.16. The van der Waals surface area contributed by atoms with Crippen molar-refractivity contribution in [2.75, 3.05) is 24.6 Å². The third-order valence-corrected chi connectivity index (χ3v) is 7.36. The Morgan fingerprint density at radius 3 is 2.56 bits per heavy atom. The lowest BCUT2D eigenvalue weighted by Crippen LogP contribution is -2.40. The highest BCUT2D eigenvalue weighted by atomic mass is 16.5. The Balaban J connectivity index is 1.28. The van der Waals surface area contributed by atoms with Gasteiger partial charge >= 0.3 is 0 Å². The van der Waals surface area contributed by atoms with Crippen molar-refractivity contribution in [1.29, 1.82) is 5.26 Å². The predicted molar refractivity (Wildman–Crippen MR) is 157 cm³/mol. The van der Waals surface area contributed by atoms with E-state index in [-0.39, 0.29) is 17.8 Å². The third-order valence-electron chi connectivity index (χ3n) is 7.36. The van der Waals surface area contributed by atoms with Crippen molar-refractivity contribution < 1.29 is 14.6 Å². The molecule has 0 amide bonds. The zero-order valence-electron chi connectivity index (χ0n) is 23.6. The number of carbonyl (C=O) groups is 1. The molecule has 4 heterocycles. The third kappa shape index (κ3) is 6.74. The Labute approximate surface area is 240 Å². The lowest BCUT2D eigenvalue weighted by molar-refractivity contribution is -0.116. The summed E-state index contributed by atoms with van der Waals surface area (Å²) in [6.45, 7) is 7.23. The average Bonchev–Trinajstić information content (AvgIpc) is 3.38. The van der Waals surface area contributed by atoms with Gasteiger partial charge < -0.3 is 14.7 Å². The highest BCUT2D eigenvalue weighted by Gasteiger charge is 2.32. The van der Waals surface area contributed by atoms with Crippen molar-refractivity contribution in [2.45, 2.75) is 45.6 Å². The fourth-order valence-electron chi connectivity index (χ4n) is 5.02. The van der Waals surface area contributed by atoms with Gasteiger partial charge in [-0.25, -0.2) is 9.50 Å². The molecule has 1 fully saturated rings.